The third kappa shape index (κ3) is 3.79. The van der Waals surface area contributed by atoms with Crippen LogP contribution in [0.25, 0.3) is 33.4 Å². The Morgan fingerprint density at radius 2 is 0.920 bits per heavy atom. The second-order valence-corrected chi connectivity index (χ2v) is 16.6. The average Bonchev–Trinajstić information content (AvgIpc) is 3.56. The summed E-state index contributed by atoms with van der Waals surface area (Å²) < 4.78 is 0. The Balaban J connectivity index is 1.14. The summed E-state index contributed by atoms with van der Waals surface area (Å²) in [6, 6.07) is 53.2. The van der Waals surface area contributed by atoms with Crippen LogP contribution >= 0.6 is 0 Å². The van der Waals surface area contributed by atoms with Gasteiger partial charge in [-0.2, -0.15) is 0 Å². The molecule has 1 nitrogen and oxygen atoms in total. The lowest BCUT2D eigenvalue weighted by atomic mass is 9.43. The molecule has 6 aromatic carbocycles. The molecule has 6 aromatic rings. The molecule has 12 rings (SSSR count). The van der Waals surface area contributed by atoms with E-state index in [2.05, 4.69) is 158 Å². The molecule has 1 heteroatoms. The zero-order chi connectivity index (χ0) is 33.2. The Morgan fingerprint density at radius 1 is 0.440 bits per heavy atom. The molecule has 50 heavy (non-hydrogen) atoms. The smallest absolute Gasteiger partial charge is 0.0540 e. The van der Waals surface area contributed by atoms with Crippen LogP contribution in [-0.4, -0.2) is 0 Å². The highest BCUT2D eigenvalue weighted by Gasteiger charge is 2.61. The van der Waals surface area contributed by atoms with E-state index in [0.29, 0.717) is 0 Å². The van der Waals surface area contributed by atoms with Crippen molar-refractivity contribution in [2.75, 3.05) is 4.90 Å². The maximum absolute atomic E-state index is 2.57. The second-order valence-electron chi connectivity index (χ2n) is 16.6. The van der Waals surface area contributed by atoms with Gasteiger partial charge in [0.05, 0.1) is 5.69 Å². The lowest BCUT2D eigenvalue weighted by Crippen LogP contribution is -2.55. The first-order valence-electron chi connectivity index (χ1n) is 18.9. The minimum atomic E-state index is -0.0263. The quantitative estimate of drug-likeness (QED) is 0.184. The van der Waals surface area contributed by atoms with Crippen LogP contribution in [0.5, 0.6) is 0 Å². The number of anilines is 3. The minimum Gasteiger partial charge on any atom is -0.310 e. The molecule has 4 saturated carbocycles. The van der Waals surface area contributed by atoms with E-state index in [9.17, 15) is 0 Å². The van der Waals surface area contributed by atoms with Gasteiger partial charge in [0.15, 0.2) is 0 Å². The van der Waals surface area contributed by atoms with Crippen molar-refractivity contribution in [1.82, 2.24) is 0 Å². The Morgan fingerprint density at radius 3 is 1.60 bits per heavy atom. The Kier molecular flexibility index (Phi) is 5.97. The van der Waals surface area contributed by atoms with Gasteiger partial charge in [0.2, 0.25) is 0 Å². The average molecular weight is 646 g/mol. The van der Waals surface area contributed by atoms with Crippen LogP contribution in [0.1, 0.15) is 68.2 Å². The van der Waals surface area contributed by atoms with Gasteiger partial charge in [-0.15, -0.1) is 0 Å². The van der Waals surface area contributed by atoms with Gasteiger partial charge in [0.1, 0.15) is 0 Å². The van der Waals surface area contributed by atoms with Crippen molar-refractivity contribution >= 4 is 17.1 Å². The van der Waals surface area contributed by atoms with Crippen molar-refractivity contribution in [3.63, 3.8) is 0 Å². The Labute approximate surface area is 296 Å². The molecular weight excluding hydrogens is 603 g/mol. The molecule has 0 unspecified atom stereocenters. The molecule has 0 N–H and O–H groups in total. The first-order valence-corrected chi connectivity index (χ1v) is 18.9. The molecular formula is C49H43N. The normalized spacial score (nSPS) is 25.6. The SMILES string of the molecule is CC1(C)c2ccccc2-c2cc(N(c3ccc4c(c3)-c3ccccc3C43C4CC5CC(C4)CC3C5)c3ccccc3-c3ccccc3)ccc21. The number of hydrogen-bond acceptors (Lipinski definition) is 1. The number of benzene rings is 6. The summed E-state index contributed by atoms with van der Waals surface area (Å²) in [5.41, 5.74) is 18.0. The Hall–Kier alpha value is -4.88. The molecule has 0 radical (unpaired) electrons. The molecule has 0 atom stereocenters. The van der Waals surface area contributed by atoms with Crippen molar-refractivity contribution in [2.24, 2.45) is 23.7 Å². The maximum atomic E-state index is 2.57. The van der Waals surface area contributed by atoms with E-state index in [1.54, 1.807) is 11.1 Å². The van der Waals surface area contributed by atoms with Gasteiger partial charge >= 0.3 is 0 Å². The number of nitrogens with zero attached hydrogens (tertiary/aromatic N) is 1. The van der Waals surface area contributed by atoms with Crippen LogP contribution in [0.3, 0.4) is 0 Å². The van der Waals surface area contributed by atoms with Gasteiger partial charge in [-0.3, -0.25) is 0 Å². The predicted molar refractivity (Wildman–Crippen MR) is 207 cm³/mol. The van der Waals surface area contributed by atoms with Gasteiger partial charge in [-0.25, -0.2) is 0 Å². The van der Waals surface area contributed by atoms with Gasteiger partial charge in [0.25, 0.3) is 0 Å². The van der Waals surface area contributed by atoms with Gasteiger partial charge < -0.3 is 4.90 Å². The third-order valence-electron chi connectivity index (χ3n) is 13.9. The largest absolute Gasteiger partial charge is 0.310 e. The number of para-hydroxylation sites is 1. The monoisotopic (exact) mass is 645 g/mol. The fraction of sp³-hybridized carbons (Fsp3) is 0.265. The van der Waals surface area contributed by atoms with Crippen molar-refractivity contribution < 1.29 is 0 Å². The van der Waals surface area contributed by atoms with Crippen LogP contribution in [0.2, 0.25) is 0 Å². The molecule has 244 valence electrons. The minimum absolute atomic E-state index is 0.0263. The summed E-state index contributed by atoms with van der Waals surface area (Å²) in [6.45, 7) is 4.75. The topological polar surface area (TPSA) is 3.24 Å². The molecule has 4 fully saturated rings. The lowest BCUT2D eigenvalue weighted by molar-refractivity contribution is -0.0399. The summed E-state index contributed by atoms with van der Waals surface area (Å²) in [5, 5.41) is 0. The van der Waals surface area contributed by atoms with Gasteiger partial charge in [0, 0.05) is 27.8 Å². The van der Waals surface area contributed by atoms with Crippen LogP contribution in [0, 0.1) is 23.7 Å². The fourth-order valence-corrected chi connectivity index (χ4v) is 12.1. The molecule has 0 amide bonds. The van der Waals surface area contributed by atoms with Crippen LogP contribution in [0.15, 0.2) is 140 Å². The number of rotatable bonds is 4. The Bertz CT molecular complexity index is 2300. The van der Waals surface area contributed by atoms with Crippen LogP contribution in [0.4, 0.5) is 17.1 Å². The second kappa shape index (κ2) is 10.3. The molecule has 6 aliphatic rings. The molecule has 4 bridgehead atoms. The zero-order valence-electron chi connectivity index (χ0n) is 29.1. The van der Waals surface area contributed by atoms with E-state index in [-0.39, 0.29) is 10.8 Å². The van der Waals surface area contributed by atoms with E-state index in [1.807, 2.05) is 0 Å². The van der Waals surface area contributed by atoms with Crippen molar-refractivity contribution in [1.29, 1.82) is 0 Å². The zero-order valence-corrected chi connectivity index (χ0v) is 29.1. The molecule has 0 aromatic heterocycles. The third-order valence-corrected chi connectivity index (χ3v) is 13.9. The molecule has 6 aliphatic carbocycles. The molecule has 1 spiro atoms. The summed E-state index contributed by atoms with van der Waals surface area (Å²) in [5.74, 6) is 3.42. The standard InChI is InChI=1S/C49H43N/c1-48(2)43-17-9-6-15-39(43)41-29-36(20-22-44(41)48)50(47-19-11-8-14-38(47)33-12-4-3-5-13-33)37-21-23-46-42(30-37)40-16-7-10-18-45(40)49(46)34-25-31-24-32(27-34)28-35(49)26-31/h3-23,29-32,34-35H,24-28H2,1-2H3. The highest BCUT2D eigenvalue weighted by atomic mass is 15.1. The van der Waals surface area contributed by atoms with Crippen molar-refractivity contribution in [3.8, 4) is 33.4 Å². The molecule has 0 saturated heterocycles. The van der Waals surface area contributed by atoms with Crippen molar-refractivity contribution in [2.45, 2.75) is 56.8 Å². The van der Waals surface area contributed by atoms with Gasteiger partial charge in [-0.05, 0) is 136 Å². The van der Waals surface area contributed by atoms with E-state index in [4.69, 9.17) is 0 Å². The van der Waals surface area contributed by atoms with Crippen LogP contribution < -0.4 is 4.90 Å². The van der Waals surface area contributed by atoms with Gasteiger partial charge in [-0.1, -0.05) is 123 Å². The summed E-state index contributed by atoms with van der Waals surface area (Å²) in [7, 11) is 0. The van der Waals surface area contributed by atoms with Crippen LogP contribution in [-0.2, 0) is 10.8 Å². The van der Waals surface area contributed by atoms with E-state index < -0.39 is 0 Å². The van der Waals surface area contributed by atoms with Crippen molar-refractivity contribution in [3.05, 3.63) is 162 Å². The fourth-order valence-electron chi connectivity index (χ4n) is 12.1. The summed E-state index contributed by atoms with van der Waals surface area (Å²) in [6.07, 6.45) is 7.12. The maximum Gasteiger partial charge on any atom is 0.0540 e. The number of hydrogen-bond donors (Lipinski definition) is 0. The highest BCUT2D eigenvalue weighted by Crippen LogP contribution is 2.69. The molecule has 0 heterocycles. The van der Waals surface area contributed by atoms with E-state index >= 15 is 0 Å². The predicted octanol–water partition coefficient (Wildman–Crippen LogP) is 12.9. The highest BCUT2D eigenvalue weighted by molar-refractivity contribution is 5.93. The van der Waals surface area contributed by atoms with E-state index in [0.717, 1.165) is 23.7 Å². The first-order chi connectivity index (χ1) is 24.5. The number of fused-ring (bicyclic) bond motifs is 6. The summed E-state index contributed by atoms with van der Waals surface area (Å²) >= 11 is 0. The van der Waals surface area contributed by atoms with E-state index in [1.165, 1.54) is 93.7 Å². The summed E-state index contributed by atoms with van der Waals surface area (Å²) in [4.78, 5) is 2.54. The molecule has 0 aliphatic heterocycles. The lowest BCUT2D eigenvalue weighted by Gasteiger charge is -2.61. The first kappa shape index (κ1) is 28.9.